The van der Waals surface area contributed by atoms with E-state index in [9.17, 15) is 0 Å². The predicted octanol–water partition coefficient (Wildman–Crippen LogP) is 0.135. The van der Waals surface area contributed by atoms with E-state index in [1.807, 2.05) is 17.8 Å². The molecule has 0 aliphatic heterocycles. The van der Waals surface area contributed by atoms with Gasteiger partial charge >= 0.3 is 0 Å². The van der Waals surface area contributed by atoms with Crippen molar-refractivity contribution >= 4 is 0 Å². The molecule has 0 aliphatic rings. The average molecular weight is 207 g/mol. The highest BCUT2D eigenvalue weighted by Gasteiger charge is 2.00. The zero-order valence-corrected chi connectivity index (χ0v) is 8.55. The molecule has 15 heavy (non-hydrogen) atoms. The summed E-state index contributed by atoms with van der Waals surface area (Å²) < 4.78 is 6.72. The van der Waals surface area contributed by atoms with Crippen molar-refractivity contribution in [2.45, 2.75) is 13.0 Å². The average Bonchev–Trinajstić information content (AvgIpc) is 2.85. The zero-order chi connectivity index (χ0) is 10.5. The lowest BCUT2D eigenvalue weighted by Crippen LogP contribution is -2.18. The molecule has 2 heterocycles. The molecule has 0 bridgehead atoms. The Morgan fingerprint density at radius 3 is 3.13 bits per heavy atom. The van der Waals surface area contributed by atoms with Gasteiger partial charge in [0.2, 0.25) is 5.89 Å². The summed E-state index contributed by atoms with van der Waals surface area (Å²) in [7, 11) is 1.93. The summed E-state index contributed by atoms with van der Waals surface area (Å²) in [6, 6.07) is 1.99. The molecule has 0 fully saturated rings. The van der Waals surface area contributed by atoms with Gasteiger partial charge in [0.05, 0.1) is 5.69 Å². The third-order valence-electron chi connectivity index (χ3n) is 2.15. The first-order valence-electron chi connectivity index (χ1n) is 4.79. The minimum atomic E-state index is 0.660. The first kappa shape index (κ1) is 9.85. The Hall–Kier alpha value is -1.69. The Bertz CT molecular complexity index is 394. The van der Waals surface area contributed by atoms with Crippen molar-refractivity contribution in [3.63, 3.8) is 0 Å². The predicted molar refractivity (Wildman–Crippen MR) is 52.9 cm³/mol. The number of nitrogens with one attached hydrogen (secondary N) is 1. The first-order chi connectivity index (χ1) is 7.36. The lowest BCUT2D eigenvalue weighted by Gasteiger charge is -2.02. The lowest BCUT2D eigenvalue weighted by atomic mass is 10.4. The van der Waals surface area contributed by atoms with Crippen molar-refractivity contribution in [1.29, 1.82) is 0 Å². The molecule has 6 nitrogen and oxygen atoms in total. The maximum absolute atomic E-state index is 4.88. The van der Waals surface area contributed by atoms with Crippen LogP contribution in [0.2, 0.25) is 0 Å². The highest BCUT2D eigenvalue weighted by atomic mass is 16.5. The Balaban J connectivity index is 1.70. The Morgan fingerprint density at radius 2 is 2.47 bits per heavy atom. The highest BCUT2D eigenvalue weighted by molar-refractivity contribution is 4.99. The minimum absolute atomic E-state index is 0.660. The SMILES string of the molecule is Cn1nccc1CNCCc1ncno1. The third kappa shape index (κ3) is 2.63. The van der Waals surface area contributed by atoms with Gasteiger partial charge in [0.1, 0.15) is 0 Å². The van der Waals surface area contributed by atoms with Crippen LogP contribution in [0.4, 0.5) is 0 Å². The van der Waals surface area contributed by atoms with Gasteiger partial charge in [0.25, 0.3) is 0 Å². The fraction of sp³-hybridized carbons (Fsp3) is 0.444. The lowest BCUT2D eigenvalue weighted by molar-refractivity contribution is 0.374. The maximum atomic E-state index is 4.88. The molecule has 0 unspecified atom stereocenters. The van der Waals surface area contributed by atoms with Crippen LogP contribution >= 0.6 is 0 Å². The van der Waals surface area contributed by atoms with Crippen molar-refractivity contribution in [2.24, 2.45) is 7.05 Å². The van der Waals surface area contributed by atoms with Crippen LogP contribution in [0.1, 0.15) is 11.6 Å². The van der Waals surface area contributed by atoms with Crippen LogP contribution in [0.15, 0.2) is 23.1 Å². The summed E-state index contributed by atoms with van der Waals surface area (Å²) in [5.74, 6) is 0.660. The summed E-state index contributed by atoms with van der Waals surface area (Å²) in [6.45, 7) is 1.61. The van der Waals surface area contributed by atoms with E-state index in [1.165, 1.54) is 6.33 Å². The third-order valence-corrected chi connectivity index (χ3v) is 2.15. The largest absolute Gasteiger partial charge is 0.340 e. The van der Waals surface area contributed by atoms with Gasteiger partial charge in [0.15, 0.2) is 6.33 Å². The van der Waals surface area contributed by atoms with E-state index >= 15 is 0 Å². The second kappa shape index (κ2) is 4.70. The molecule has 0 aliphatic carbocycles. The van der Waals surface area contributed by atoms with E-state index in [4.69, 9.17) is 4.52 Å². The molecule has 2 aromatic heterocycles. The Morgan fingerprint density at radius 1 is 1.53 bits per heavy atom. The van der Waals surface area contributed by atoms with Gasteiger partial charge in [-0.25, -0.2) is 0 Å². The van der Waals surface area contributed by atoms with Crippen LogP contribution < -0.4 is 5.32 Å². The number of hydrogen-bond acceptors (Lipinski definition) is 5. The molecule has 0 amide bonds. The Labute approximate surface area is 87.3 Å². The van der Waals surface area contributed by atoms with Crippen molar-refractivity contribution in [2.75, 3.05) is 6.54 Å². The van der Waals surface area contributed by atoms with Crippen LogP contribution in [0, 0.1) is 0 Å². The van der Waals surface area contributed by atoms with E-state index in [-0.39, 0.29) is 0 Å². The van der Waals surface area contributed by atoms with Crippen LogP contribution in [-0.2, 0) is 20.0 Å². The van der Waals surface area contributed by atoms with Gasteiger partial charge in [-0.05, 0) is 6.07 Å². The van der Waals surface area contributed by atoms with Crippen LogP contribution in [-0.4, -0.2) is 26.5 Å². The monoisotopic (exact) mass is 207 g/mol. The van der Waals surface area contributed by atoms with Crippen LogP contribution in [0.3, 0.4) is 0 Å². The number of aromatic nitrogens is 4. The van der Waals surface area contributed by atoms with Crippen LogP contribution in [0.25, 0.3) is 0 Å². The smallest absolute Gasteiger partial charge is 0.227 e. The summed E-state index contributed by atoms with van der Waals surface area (Å²) in [5.41, 5.74) is 1.15. The molecule has 0 saturated carbocycles. The quantitative estimate of drug-likeness (QED) is 0.706. The van der Waals surface area contributed by atoms with Crippen molar-refractivity contribution in [1.82, 2.24) is 25.2 Å². The molecule has 0 atom stereocenters. The molecular weight excluding hydrogens is 194 g/mol. The second-order valence-electron chi connectivity index (χ2n) is 3.21. The van der Waals surface area contributed by atoms with Gasteiger partial charge in [-0.15, -0.1) is 0 Å². The van der Waals surface area contributed by atoms with E-state index in [2.05, 4.69) is 20.6 Å². The molecule has 0 aromatic carbocycles. The number of aryl methyl sites for hydroxylation is 1. The number of hydrogen-bond donors (Lipinski definition) is 1. The van der Waals surface area contributed by atoms with Gasteiger partial charge in [0, 0.05) is 32.8 Å². The molecular formula is C9H13N5O. The summed E-state index contributed by atoms with van der Waals surface area (Å²) in [4.78, 5) is 3.93. The zero-order valence-electron chi connectivity index (χ0n) is 8.55. The van der Waals surface area contributed by atoms with Crippen molar-refractivity contribution in [3.8, 4) is 0 Å². The van der Waals surface area contributed by atoms with Crippen molar-refractivity contribution < 1.29 is 4.52 Å². The first-order valence-corrected chi connectivity index (χ1v) is 4.79. The van der Waals surface area contributed by atoms with Crippen molar-refractivity contribution in [3.05, 3.63) is 30.2 Å². The summed E-state index contributed by atoms with van der Waals surface area (Å²) >= 11 is 0. The van der Waals surface area contributed by atoms with Gasteiger partial charge in [-0.3, -0.25) is 4.68 Å². The minimum Gasteiger partial charge on any atom is -0.340 e. The van der Waals surface area contributed by atoms with Gasteiger partial charge < -0.3 is 9.84 Å². The fourth-order valence-electron chi connectivity index (χ4n) is 1.29. The molecule has 6 heteroatoms. The molecule has 80 valence electrons. The van der Waals surface area contributed by atoms with E-state index in [1.54, 1.807) is 6.20 Å². The number of nitrogens with zero attached hydrogens (tertiary/aromatic N) is 4. The van der Waals surface area contributed by atoms with Gasteiger partial charge in [-0.1, -0.05) is 5.16 Å². The van der Waals surface area contributed by atoms with E-state index in [0.29, 0.717) is 5.89 Å². The Kier molecular flexibility index (Phi) is 3.08. The molecule has 2 rings (SSSR count). The normalized spacial score (nSPS) is 10.7. The molecule has 0 radical (unpaired) electrons. The standard InChI is InChI=1S/C9H13N5O/c1-14-8(2-5-12-14)6-10-4-3-9-11-7-13-15-9/h2,5,7,10H,3-4,6H2,1H3. The molecule has 0 spiro atoms. The number of rotatable bonds is 5. The van der Waals surface area contributed by atoms with Gasteiger partial charge in [-0.2, -0.15) is 10.1 Å². The molecule has 2 aromatic rings. The summed E-state index contributed by atoms with van der Waals surface area (Å²) in [6.07, 6.45) is 3.95. The second-order valence-corrected chi connectivity index (χ2v) is 3.21. The highest BCUT2D eigenvalue weighted by Crippen LogP contribution is 1.95. The topological polar surface area (TPSA) is 68.8 Å². The summed E-state index contributed by atoms with van der Waals surface area (Å²) in [5, 5.41) is 10.9. The van der Waals surface area contributed by atoms with E-state index in [0.717, 1.165) is 25.2 Å². The fourth-order valence-corrected chi connectivity index (χ4v) is 1.29. The molecule has 1 N–H and O–H groups in total. The van der Waals surface area contributed by atoms with E-state index < -0.39 is 0 Å². The maximum Gasteiger partial charge on any atom is 0.227 e. The molecule has 0 saturated heterocycles. The van der Waals surface area contributed by atoms with Crippen LogP contribution in [0.5, 0.6) is 0 Å².